The van der Waals surface area contributed by atoms with E-state index in [1.54, 1.807) is 0 Å². The molecule has 1 aliphatic heterocycles. The molecule has 1 N–H and O–H groups in total. The zero-order chi connectivity index (χ0) is 14.3. The minimum Gasteiger partial charge on any atom is -0.346 e. The van der Waals surface area contributed by atoms with Crippen LogP contribution in [0.15, 0.2) is 18.3 Å². The molecule has 106 valence electrons. The summed E-state index contributed by atoms with van der Waals surface area (Å²) in [6.45, 7) is 4.81. The van der Waals surface area contributed by atoms with Crippen LogP contribution in [0.25, 0.3) is 0 Å². The number of carbonyl (C=O) groups excluding carboxylic acids is 1. The maximum absolute atomic E-state index is 12.3. The van der Waals surface area contributed by atoms with E-state index in [0.29, 0.717) is 0 Å². The Hall–Kier alpha value is -2.04. The molecule has 3 heterocycles. The Kier molecular flexibility index (Phi) is 3.12. The lowest BCUT2D eigenvalue weighted by Crippen LogP contribution is -2.41. The lowest BCUT2D eigenvalue weighted by molar-refractivity contribution is 0.0919. The van der Waals surface area contributed by atoms with Crippen molar-refractivity contribution in [2.75, 3.05) is 0 Å². The first-order valence-corrected chi connectivity index (χ1v) is 7.00. The van der Waals surface area contributed by atoms with Crippen molar-refractivity contribution in [3.05, 3.63) is 41.2 Å². The fourth-order valence-corrected chi connectivity index (χ4v) is 2.80. The Morgan fingerprint density at radius 2 is 2.20 bits per heavy atom. The van der Waals surface area contributed by atoms with Crippen LogP contribution in [-0.2, 0) is 20.0 Å². The molecule has 3 rings (SSSR count). The first-order valence-electron chi connectivity index (χ1n) is 7.00. The van der Waals surface area contributed by atoms with Crippen LogP contribution in [0.4, 0.5) is 0 Å². The van der Waals surface area contributed by atoms with E-state index in [4.69, 9.17) is 0 Å². The van der Waals surface area contributed by atoms with Gasteiger partial charge in [-0.15, -0.1) is 0 Å². The summed E-state index contributed by atoms with van der Waals surface area (Å²) < 4.78 is 4.07. The van der Waals surface area contributed by atoms with E-state index in [9.17, 15) is 4.79 Å². The van der Waals surface area contributed by atoms with Crippen molar-refractivity contribution in [1.82, 2.24) is 19.4 Å². The largest absolute Gasteiger partial charge is 0.346 e. The number of rotatable bonds is 2. The summed E-state index contributed by atoms with van der Waals surface area (Å²) in [6.07, 6.45) is 3.93. The van der Waals surface area contributed by atoms with Gasteiger partial charge >= 0.3 is 0 Å². The Balaban J connectivity index is 1.70. The molecule has 0 bridgehead atoms. The Bertz CT molecular complexity index is 653. The van der Waals surface area contributed by atoms with Gasteiger partial charge in [0.15, 0.2) is 0 Å². The molecule has 0 spiro atoms. The van der Waals surface area contributed by atoms with Gasteiger partial charge in [0.2, 0.25) is 0 Å². The lowest BCUT2D eigenvalue weighted by atomic mass is 10.1. The molecule has 5 nitrogen and oxygen atoms in total. The smallest absolute Gasteiger partial charge is 0.268 e. The van der Waals surface area contributed by atoms with Gasteiger partial charge in [-0.05, 0) is 32.4 Å². The van der Waals surface area contributed by atoms with E-state index in [2.05, 4.69) is 21.1 Å². The summed E-state index contributed by atoms with van der Waals surface area (Å²) >= 11 is 0. The summed E-state index contributed by atoms with van der Waals surface area (Å²) in [7, 11) is 1.92. The van der Waals surface area contributed by atoms with Crippen LogP contribution in [0.2, 0.25) is 0 Å². The van der Waals surface area contributed by atoms with E-state index >= 15 is 0 Å². The van der Waals surface area contributed by atoms with E-state index in [1.807, 2.05) is 37.6 Å². The van der Waals surface area contributed by atoms with Crippen LogP contribution < -0.4 is 5.32 Å². The fourth-order valence-electron chi connectivity index (χ4n) is 2.80. The topological polar surface area (TPSA) is 51.9 Å². The van der Waals surface area contributed by atoms with Crippen molar-refractivity contribution >= 4 is 5.91 Å². The highest BCUT2D eigenvalue weighted by molar-refractivity contribution is 5.93. The van der Waals surface area contributed by atoms with Gasteiger partial charge in [0.25, 0.3) is 5.91 Å². The van der Waals surface area contributed by atoms with Gasteiger partial charge in [-0.2, -0.15) is 0 Å². The molecule has 0 saturated heterocycles. The third kappa shape index (κ3) is 2.24. The van der Waals surface area contributed by atoms with E-state index < -0.39 is 0 Å². The normalized spacial score (nSPS) is 17.9. The molecule has 1 aliphatic rings. The summed E-state index contributed by atoms with van der Waals surface area (Å²) in [4.78, 5) is 16.8. The van der Waals surface area contributed by atoms with Gasteiger partial charge in [-0.25, -0.2) is 4.98 Å². The predicted molar refractivity (Wildman–Crippen MR) is 76.7 cm³/mol. The Morgan fingerprint density at radius 3 is 2.90 bits per heavy atom. The third-order valence-corrected chi connectivity index (χ3v) is 4.05. The van der Waals surface area contributed by atoms with Gasteiger partial charge in [0.1, 0.15) is 11.5 Å². The first kappa shape index (κ1) is 13.0. The monoisotopic (exact) mass is 272 g/mol. The highest BCUT2D eigenvalue weighted by atomic mass is 16.2. The molecule has 1 atom stereocenters. The van der Waals surface area contributed by atoms with E-state index in [0.717, 1.165) is 42.3 Å². The molecule has 0 aromatic carbocycles. The van der Waals surface area contributed by atoms with Gasteiger partial charge in [0.05, 0.1) is 5.69 Å². The fraction of sp³-hybridized carbons (Fsp3) is 0.467. The van der Waals surface area contributed by atoms with Crippen molar-refractivity contribution in [2.45, 2.75) is 39.3 Å². The van der Waals surface area contributed by atoms with Crippen LogP contribution in [0.5, 0.6) is 0 Å². The highest BCUT2D eigenvalue weighted by Gasteiger charge is 2.22. The number of hydrogen-bond acceptors (Lipinski definition) is 2. The van der Waals surface area contributed by atoms with Crippen molar-refractivity contribution in [3.63, 3.8) is 0 Å². The molecule has 20 heavy (non-hydrogen) atoms. The average Bonchev–Trinajstić information content (AvgIpc) is 2.92. The Labute approximate surface area is 118 Å². The number of hydrogen-bond donors (Lipinski definition) is 1. The number of fused-ring (bicyclic) bond motifs is 1. The van der Waals surface area contributed by atoms with Crippen LogP contribution in [-0.4, -0.2) is 26.1 Å². The number of nitrogens with one attached hydrogen (secondary N) is 1. The van der Waals surface area contributed by atoms with Crippen molar-refractivity contribution in [2.24, 2.45) is 7.05 Å². The number of imidazole rings is 1. The van der Waals surface area contributed by atoms with Gasteiger partial charge < -0.3 is 14.5 Å². The number of amides is 1. The second-order valence-electron chi connectivity index (χ2n) is 5.58. The molecular weight excluding hydrogens is 252 g/mol. The van der Waals surface area contributed by atoms with Crippen molar-refractivity contribution in [3.8, 4) is 0 Å². The Morgan fingerprint density at radius 1 is 1.40 bits per heavy atom. The summed E-state index contributed by atoms with van der Waals surface area (Å²) in [6, 6.07) is 4.02. The number of carbonyl (C=O) groups is 1. The molecule has 0 aliphatic carbocycles. The molecule has 5 heteroatoms. The SMILES string of the molecule is Cc1cn2c(n1)CC[C@H](NC(=O)c1ccc(C)n1C)C2. The molecule has 1 amide bonds. The summed E-state index contributed by atoms with van der Waals surface area (Å²) in [5.41, 5.74) is 2.85. The quantitative estimate of drug-likeness (QED) is 0.902. The zero-order valence-electron chi connectivity index (χ0n) is 12.2. The van der Waals surface area contributed by atoms with Crippen LogP contribution in [0.1, 0.15) is 34.1 Å². The minimum absolute atomic E-state index is 0.00545. The molecule has 2 aromatic rings. The maximum atomic E-state index is 12.3. The van der Waals surface area contributed by atoms with Crippen LogP contribution in [0.3, 0.4) is 0 Å². The second kappa shape index (κ2) is 4.81. The number of nitrogens with zero attached hydrogens (tertiary/aromatic N) is 3. The molecule has 0 fully saturated rings. The number of aryl methyl sites for hydroxylation is 3. The van der Waals surface area contributed by atoms with E-state index in [1.165, 1.54) is 0 Å². The predicted octanol–water partition coefficient (Wildman–Crippen LogP) is 1.58. The van der Waals surface area contributed by atoms with Crippen LogP contribution in [0, 0.1) is 13.8 Å². The maximum Gasteiger partial charge on any atom is 0.268 e. The van der Waals surface area contributed by atoms with Gasteiger partial charge in [-0.3, -0.25) is 4.79 Å². The standard InChI is InChI=1S/C15H20N4O/c1-10-8-19-9-12(5-7-14(19)16-10)17-15(20)13-6-4-11(2)18(13)3/h4,6,8,12H,5,7,9H2,1-3H3,(H,17,20)/t12-/m0/s1. The zero-order valence-corrected chi connectivity index (χ0v) is 12.2. The minimum atomic E-state index is 0.00545. The summed E-state index contributed by atoms with van der Waals surface area (Å²) in [5.74, 6) is 1.13. The lowest BCUT2D eigenvalue weighted by Gasteiger charge is -2.24. The van der Waals surface area contributed by atoms with Gasteiger partial charge in [-0.1, -0.05) is 0 Å². The van der Waals surface area contributed by atoms with Crippen molar-refractivity contribution < 1.29 is 4.79 Å². The summed E-state index contributed by atoms with van der Waals surface area (Å²) in [5, 5.41) is 3.13. The van der Waals surface area contributed by atoms with Crippen LogP contribution >= 0.6 is 0 Å². The molecule has 0 radical (unpaired) electrons. The first-order chi connectivity index (χ1) is 9.54. The average molecular weight is 272 g/mol. The molecule has 2 aromatic heterocycles. The highest BCUT2D eigenvalue weighted by Crippen LogP contribution is 2.16. The van der Waals surface area contributed by atoms with Gasteiger partial charge in [0, 0.05) is 37.9 Å². The van der Waals surface area contributed by atoms with E-state index in [-0.39, 0.29) is 11.9 Å². The number of aromatic nitrogens is 3. The molecule has 0 unspecified atom stereocenters. The molecule has 0 saturated carbocycles. The second-order valence-corrected chi connectivity index (χ2v) is 5.58. The third-order valence-electron chi connectivity index (χ3n) is 4.05. The van der Waals surface area contributed by atoms with Crippen molar-refractivity contribution in [1.29, 1.82) is 0 Å². The molecular formula is C15H20N4O.